The lowest BCUT2D eigenvalue weighted by atomic mass is 9.96. The number of aromatic nitrogens is 2. The van der Waals surface area contributed by atoms with E-state index in [0.29, 0.717) is 20.9 Å². The van der Waals surface area contributed by atoms with Gasteiger partial charge >= 0.3 is 6.18 Å². The maximum absolute atomic E-state index is 13.6. The molecule has 12 heteroatoms. The molecular formula is C24H19Cl2F3N2O3S2. The van der Waals surface area contributed by atoms with Crippen molar-refractivity contribution in [2.24, 2.45) is 0 Å². The first-order valence-corrected chi connectivity index (χ1v) is 13.8. The molecule has 2 aromatic heterocycles. The van der Waals surface area contributed by atoms with Crippen LogP contribution in [0.3, 0.4) is 0 Å². The van der Waals surface area contributed by atoms with E-state index in [4.69, 9.17) is 23.2 Å². The highest BCUT2D eigenvalue weighted by Gasteiger charge is 2.36. The van der Waals surface area contributed by atoms with Gasteiger partial charge in [-0.1, -0.05) is 23.2 Å². The van der Waals surface area contributed by atoms with Crippen molar-refractivity contribution in [3.05, 3.63) is 75.9 Å². The van der Waals surface area contributed by atoms with Crippen LogP contribution < -0.4 is 0 Å². The summed E-state index contributed by atoms with van der Waals surface area (Å²) >= 11 is 13.5. The minimum Gasteiger partial charge on any atom is -0.386 e. The summed E-state index contributed by atoms with van der Waals surface area (Å²) in [5.74, 6) is 0. The van der Waals surface area contributed by atoms with Crippen LogP contribution >= 0.6 is 34.5 Å². The van der Waals surface area contributed by atoms with Gasteiger partial charge in [-0.3, -0.25) is 0 Å². The summed E-state index contributed by atoms with van der Waals surface area (Å²) in [5.41, 5.74) is -1.25. The Morgan fingerprint density at radius 2 is 1.64 bits per heavy atom. The summed E-state index contributed by atoms with van der Waals surface area (Å²) in [6.07, 6.45) is -3.64. The van der Waals surface area contributed by atoms with Gasteiger partial charge in [-0.05, 0) is 79.6 Å². The molecule has 0 unspecified atom stereocenters. The molecule has 2 heterocycles. The van der Waals surface area contributed by atoms with E-state index in [9.17, 15) is 26.7 Å². The largest absolute Gasteiger partial charge is 0.435 e. The predicted molar refractivity (Wildman–Crippen MR) is 136 cm³/mol. The number of rotatable bonds is 5. The molecule has 0 radical (unpaired) electrons. The third kappa shape index (κ3) is 5.47. The number of thiophene rings is 1. The monoisotopic (exact) mass is 574 g/mol. The molecule has 2 aromatic carbocycles. The number of alkyl halides is 3. The van der Waals surface area contributed by atoms with Crippen molar-refractivity contribution in [1.82, 2.24) is 9.78 Å². The molecule has 4 aromatic rings. The van der Waals surface area contributed by atoms with Crippen molar-refractivity contribution in [1.29, 1.82) is 0 Å². The second-order valence-corrected chi connectivity index (χ2v) is 12.6. The Bertz CT molecular complexity index is 1570. The fourth-order valence-corrected chi connectivity index (χ4v) is 5.51. The second kappa shape index (κ2) is 9.18. The molecule has 0 aliphatic rings. The molecule has 190 valence electrons. The maximum Gasteiger partial charge on any atom is 0.435 e. The summed E-state index contributed by atoms with van der Waals surface area (Å²) in [7, 11) is -3.60. The quantitative estimate of drug-likeness (QED) is 0.273. The van der Waals surface area contributed by atoms with Crippen LogP contribution in [0.15, 0.2) is 59.5 Å². The van der Waals surface area contributed by atoms with E-state index in [1.54, 1.807) is 18.2 Å². The number of aliphatic hydroxyl groups is 1. The van der Waals surface area contributed by atoms with Crippen LogP contribution in [0, 0.1) is 0 Å². The standard InChI is InChI=1S/C24H19Cl2F3N2O3S2/c1-23(2,32)14-8-13(9-16(10-14)36(3,33)34)20-6-7-21(35-20)19-12-22(24(27,28)29)30-31(19)18-11-15(25)4-5-17(18)26/h4-12,32H,1-3H3. The summed E-state index contributed by atoms with van der Waals surface area (Å²) in [5, 5.41) is 14.7. The van der Waals surface area contributed by atoms with Crippen molar-refractivity contribution in [3.8, 4) is 26.7 Å². The third-order valence-corrected chi connectivity index (χ3v) is 8.12. The van der Waals surface area contributed by atoms with Crippen molar-refractivity contribution >= 4 is 44.4 Å². The van der Waals surface area contributed by atoms with Crippen LogP contribution in [0.1, 0.15) is 25.1 Å². The topological polar surface area (TPSA) is 72.2 Å². The van der Waals surface area contributed by atoms with Gasteiger partial charge in [-0.15, -0.1) is 11.3 Å². The first-order valence-electron chi connectivity index (χ1n) is 10.4. The highest BCUT2D eigenvalue weighted by molar-refractivity contribution is 7.90. The zero-order chi connectivity index (χ0) is 26.6. The Morgan fingerprint density at radius 3 is 2.25 bits per heavy atom. The number of hydrogen-bond donors (Lipinski definition) is 1. The first kappa shape index (κ1) is 26.7. The van der Waals surface area contributed by atoms with Gasteiger partial charge < -0.3 is 5.11 Å². The van der Waals surface area contributed by atoms with Gasteiger partial charge in [0, 0.05) is 16.2 Å². The Morgan fingerprint density at radius 1 is 0.972 bits per heavy atom. The number of sulfone groups is 1. The van der Waals surface area contributed by atoms with Crippen molar-refractivity contribution in [3.63, 3.8) is 0 Å². The molecule has 0 amide bonds. The van der Waals surface area contributed by atoms with Crippen molar-refractivity contribution < 1.29 is 26.7 Å². The molecule has 4 rings (SSSR count). The minimum atomic E-state index is -4.70. The molecule has 0 spiro atoms. The Kier molecular flexibility index (Phi) is 6.81. The first-order chi connectivity index (χ1) is 16.5. The summed E-state index contributed by atoms with van der Waals surface area (Å²) in [4.78, 5) is 1.03. The van der Waals surface area contributed by atoms with Gasteiger partial charge in [0.05, 0.1) is 31.8 Å². The average Bonchev–Trinajstić information content (AvgIpc) is 3.41. The van der Waals surface area contributed by atoms with Crippen LogP contribution in [0.5, 0.6) is 0 Å². The van der Waals surface area contributed by atoms with Gasteiger partial charge in [-0.2, -0.15) is 18.3 Å². The normalized spacial score (nSPS) is 12.8. The van der Waals surface area contributed by atoms with Crippen LogP contribution in [0.4, 0.5) is 13.2 Å². The Labute approximate surface area is 219 Å². The van der Waals surface area contributed by atoms with E-state index >= 15 is 0 Å². The number of nitrogens with zero attached hydrogens (tertiary/aromatic N) is 2. The SMILES string of the molecule is CC(C)(O)c1cc(-c2ccc(-c3cc(C(F)(F)F)nn3-c3cc(Cl)ccc3Cl)s2)cc(S(C)(=O)=O)c1. The zero-order valence-electron chi connectivity index (χ0n) is 19.1. The highest BCUT2D eigenvalue weighted by atomic mass is 35.5. The van der Waals surface area contributed by atoms with E-state index in [1.165, 1.54) is 44.2 Å². The van der Waals surface area contributed by atoms with Crippen LogP contribution in [-0.2, 0) is 21.6 Å². The fourth-order valence-electron chi connectivity index (χ4n) is 3.47. The average molecular weight is 575 g/mol. The lowest BCUT2D eigenvalue weighted by Gasteiger charge is -2.19. The smallest absolute Gasteiger partial charge is 0.386 e. The molecule has 0 aliphatic heterocycles. The number of hydrogen-bond acceptors (Lipinski definition) is 5. The molecule has 5 nitrogen and oxygen atoms in total. The van der Waals surface area contributed by atoms with Gasteiger partial charge in [-0.25, -0.2) is 13.1 Å². The lowest BCUT2D eigenvalue weighted by molar-refractivity contribution is -0.141. The maximum atomic E-state index is 13.6. The van der Waals surface area contributed by atoms with Crippen molar-refractivity contribution in [2.45, 2.75) is 30.5 Å². The Balaban J connectivity index is 1.90. The third-order valence-electron chi connectivity index (χ3n) is 5.32. The molecule has 1 N–H and O–H groups in total. The van der Waals surface area contributed by atoms with Crippen LogP contribution in [0.2, 0.25) is 10.0 Å². The molecular weight excluding hydrogens is 556 g/mol. The molecule has 36 heavy (non-hydrogen) atoms. The van der Waals surface area contributed by atoms with Gasteiger partial charge in [0.25, 0.3) is 0 Å². The molecule has 0 saturated carbocycles. The minimum absolute atomic E-state index is 0.0159. The van der Waals surface area contributed by atoms with Gasteiger partial charge in [0.1, 0.15) is 0 Å². The van der Waals surface area contributed by atoms with Gasteiger partial charge in [0.2, 0.25) is 0 Å². The fraction of sp³-hybridized carbons (Fsp3) is 0.208. The van der Waals surface area contributed by atoms with Crippen molar-refractivity contribution in [2.75, 3.05) is 6.26 Å². The number of halogens is 5. The molecule has 0 atom stereocenters. The highest BCUT2D eigenvalue weighted by Crippen LogP contribution is 2.41. The van der Waals surface area contributed by atoms with E-state index in [-0.39, 0.29) is 26.3 Å². The molecule has 0 aliphatic carbocycles. The molecule has 0 fully saturated rings. The Hall–Kier alpha value is -2.37. The summed E-state index contributed by atoms with van der Waals surface area (Å²) in [6, 6.07) is 13.1. The van der Waals surface area contributed by atoms with E-state index in [1.807, 2.05) is 0 Å². The van der Waals surface area contributed by atoms with Crippen LogP contribution in [-0.4, -0.2) is 29.6 Å². The molecule has 0 bridgehead atoms. The number of benzene rings is 2. The summed E-state index contributed by atoms with van der Waals surface area (Å²) < 4.78 is 66.3. The van der Waals surface area contributed by atoms with E-state index < -0.39 is 27.3 Å². The predicted octanol–water partition coefficient (Wildman–Crippen LogP) is 7.22. The lowest BCUT2D eigenvalue weighted by Crippen LogP contribution is -2.16. The van der Waals surface area contributed by atoms with Gasteiger partial charge in [0.15, 0.2) is 15.5 Å². The van der Waals surface area contributed by atoms with E-state index in [0.717, 1.165) is 28.3 Å². The summed E-state index contributed by atoms with van der Waals surface area (Å²) in [6.45, 7) is 3.06. The second-order valence-electron chi connectivity index (χ2n) is 8.66. The zero-order valence-corrected chi connectivity index (χ0v) is 22.2. The van der Waals surface area contributed by atoms with E-state index in [2.05, 4.69) is 5.10 Å². The van der Waals surface area contributed by atoms with Crippen LogP contribution in [0.25, 0.3) is 26.7 Å². The molecule has 0 saturated heterocycles.